The van der Waals surface area contributed by atoms with Gasteiger partial charge in [-0.05, 0) is 36.8 Å². The van der Waals surface area contributed by atoms with Crippen LogP contribution in [0.1, 0.15) is 27.6 Å². The molecule has 0 aliphatic carbocycles. The number of carbonyl (C=O) groups excluding carboxylic acids is 2. The van der Waals surface area contributed by atoms with Gasteiger partial charge in [-0.3, -0.25) is 14.9 Å². The van der Waals surface area contributed by atoms with Crippen molar-refractivity contribution in [3.63, 3.8) is 0 Å². The number of hydrogen-bond acceptors (Lipinski definition) is 6. The van der Waals surface area contributed by atoms with Gasteiger partial charge in [0.1, 0.15) is 10.6 Å². The molecule has 0 unspecified atom stereocenters. The minimum absolute atomic E-state index is 0.0470. The van der Waals surface area contributed by atoms with Crippen LogP contribution < -0.4 is 5.32 Å². The van der Waals surface area contributed by atoms with Gasteiger partial charge in [-0.15, -0.1) is 11.3 Å². The molecule has 0 aliphatic heterocycles. The van der Waals surface area contributed by atoms with E-state index in [1.54, 1.807) is 54.8 Å². The van der Waals surface area contributed by atoms with Gasteiger partial charge in [-0.25, -0.2) is 4.79 Å². The number of carbonyl (C=O) groups is 2. The van der Waals surface area contributed by atoms with Crippen molar-refractivity contribution in [1.29, 1.82) is 0 Å². The number of nitro benzene ring substituents is 1. The molecule has 1 heterocycles. The van der Waals surface area contributed by atoms with Crippen LogP contribution in [0.5, 0.6) is 0 Å². The van der Waals surface area contributed by atoms with E-state index < -0.39 is 10.9 Å². The smallest absolute Gasteiger partial charge is 0.341 e. The van der Waals surface area contributed by atoms with Crippen LogP contribution in [0.25, 0.3) is 11.1 Å². The third-order valence-electron chi connectivity index (χ3n) is 3.92. The first kappa shape index (κ1) is 19.2. The summed E-state index contributed by atoms with van der Waals surface area (Å²) >= 11 is 1.19. The molecule has 8 heteroatoms. The van der Waals surface area contributed by atoms with Crippen molar-refractivity contribution in [3.05, 3.63) is 81.2 Å². The van der Waals surface area contributed by atoms with E-state index in [1.165, 1.54) is 23.5 Å². The fourth-order valence-electron chi connectivity index (χ4n) is 2.60. The molecule has 7 nitrogen and oxygen atoms in total. The lowest BCUT2D eigenvalue weighted by atomic mass is 10.0. The number of non-ortho nitro benzene ring substituents is 1. The number of benzene rings is 2. The summed E-state index contributed by atoms with van der Waals surface area (Å²) in [6.45, 7) is 1.87. The minimum atomic E-state index is -0.569. The molecule has 3 aromatic rings. The highest BCUT2D eigenvalue weighted by molar-refractivity contribution is 7.15. The van der Waals surface area contributed by atoms with Gasteiger partial charge in [0.05, 0.1) is 11.5 Å². The summed E-state index contributed by atoms with van der Waals surface area (Å²) in [4.78, 5) is 35.4. The minimum Gasteiger partial charge on any atom is -0.462 e. The van der Waals surface area contributed by atoms with E-state index in [0.717, 1.165) is 0 Å². The Kier molecular flexibility index (Phi) is 5.81. The molecule has 0 spiro atoms. The number of amides is 1. The Hall–Kier alpha value is -3.52. The molecule has 142 valence electrons. The van der Waals surface area contributed by atoms with Gasteiger partial charge in [-0.2, -0.15) is 0 Å². The average molecular weight is 396 g/mol. The Morgan fingerprint density at radius 2 is 1.79 bits per heavy atom. The summed E-state index contributed by atoms with van der Waals surface area (Å²) in [6.07, 6.45) is 0. The number of esters is 1. The van der Waals surface area contributed by atoms with Crippen LogP contribution >= 0.6 is 11.3 Å². The fourth-order valence-corrected chi connectivity index (χ4v) is 3.55. The number of nitro groups is 1. The van der Waals surface area contributed by atoms with Gasteiger partial charge in [0.15, 0.2) is 0 Å². The van der Waals surface area contributed by atoms with Gasteiger partial charge in [0.2, 0.25) is 0 Å². The second-order valence-electron chi connectivity index (χ2n) is 5.70. The van der Waals surface area contributed by atoms with E-state index in [4.69, 9.17) is 4.74 Å². The Labute approximate surface area is 164 Å². The van der Waals surface area contributed by atoms with Crippen molar-refractivity contribution < 1.29 is 19.2 Å². The average Bonchev–Trinajstić information content (AvgIpc) is 3.12. The third-order valence-corrected chi connectivity index (χ3v) is 4.82. The highest BCUT2D eigenvalue weighted by Gasteiger charge is 2.23. The third kappa shape index (κ3) is 4.07. The molecule has 0 fully saturated rings. The Bertz CT molecular complexity index is 1010. The number of thiophene rings is 1. The zero-order chi connectivity index (χ0) is 20.1. The molecule has 0 aliphatic rings. The van der Waals surface area contributed by atoms with Crippen LogP contribution in [0.15, 0.2) is 60.0 Å². The maximum absolute atomic E-state index is 12.5. The summed E-state index contributed by atoms with van der Waals surface area (Å²) in [5.74, 6) is -0.913. The van der Waals surface area contributed by atoms with Crippen LogP contribution in [-0.4, -0.2) is 23.4 Å². The Morgan fingerprint density at radius 1 is 1.11 bits per heavy atom. The second-order valence-corrected chi connectivity index (χ2v) is 6.58. The van der Waals surface area contributed by atoms with Crippen molar-refractivity contribution in [2.24, 2.45) is 0 Å². The van der Waals surface area contributed by atoms with E-state index in [1.807, 2.05) is 0 Å². The quantitative estimate of drug-likeness (QED) is 0.368. The number of anilines is 1. The molecule has 0 saturated carbocycles. The topological polar surface area (TPSA) is 98.5 Å². The zero-order valence-electron chi connectivity index (χ0n) is 14.9. The molecule has 0 bridgehead atoms. The van der Waals surface area contributed by atoms with Crippen molar-refractivity contribution in [2.75, 3.05) is 11.9 Å². The second kappa shape index (κ2) is 8.45. The predicted octanol–water partition coefficient (Wildman–Crippen LogP) is 4.75. The SMILES string of the molecule is CCOC(=O)c1c(-c2ccc([N+](=O)[O-])cc2)csc1NC(=O)c1ccccc1. The molecule has 0 atom stereocenters. The Balaban J connectivity index is 1.98. The van der Waals surface area contributed by atoms with Crippen LogP contribution in [0.4, 0.5) is 10.7 Å². The normalized spacial score (nSPS) is 10.3. The first-order valence-corrected chi connectivity index (χ1v) is 9.29. The van der Waals surface area contributed by atoms with Crippen LogP contribution in [0.2, 0.25) is 0 Å². The van der Waals surface area contributed by atoms with Crippen LogP contribution in [-0.2, 0) is 4.74 Å². The molecular formula is C20H16N2O5S. The first-order valence-electron chi connectivity index (χ1n) is 8.41. The summed E-state index contributed by atoms with van der Waals surface area (Å²) in [6, 6.07) is 14.5. The molecule has 1 amide bonds. The van der Waals surface area contributed by atoms with Crippen molar-refractivity contribution in [1.82, 2.24) is 0 Å². The summed E-state index contributed by atoms with van der Waals surface area (Å²) in [5.41, 5.74) is 1.80. The fraction of sp³-hybridized carbons (Fsp3) is 0.100. The van der Waals surface area contributed by atoms with Gasteiger partial charge in [-0.1, -0.05) is 18.2 Å². The molecule has 1 aromatic heterocycles. The van der Waals surface area contributed by atoms with E-state index in [2.05, 4.69) is 5.32 Å². The predicted molar refractivity (Wildman–Crippen MR) is 107 cm³/mol. The van der Waals surface area contributed by atoms with E-state index >= 15 is 0 Å². The number of hydrogen-bond donors (Lipinski definition) is 1. The standard InChI is InChI=1S/C20H16N2O5S/c1-2-27-20(24)17-16(13-8-10-15(11-9-13)22(25)26)12-28-19(17)21-18(23)14-6-4-3-5-7-14/h3-12H,2H2,1H3,(H,21,23). The highest BCUT2D eigenvalue weighted by Crippen LogP contribution is 2.37. The monoisotopic (exact) mass is 396 g/mol. The number of nitrogens with one attached hydrogen (secondary N) is 1. The van der Waals surface area contributed by atoms with Gasteiger partial charge in [0.25, 0.3) is 11.6 Å². The Morgan fingerprint density at radius 3 is 2.39 bits per heavy atom. The molecular weight excluding hydrogens is 380 g/mol. The molecule has 0 saturated heterocycles. The molecule has 28 heavy (non-hydrogen) atoms. The molecule has 3 rings (SSSR count). The maximum atomic E-state index is 12.5. The molecule has 2 aromatic carbocycles. The lowest BCUT2D eigenvalue weighted by Gasteiger charge is -2.09. The molecule has 1 N–H and O–H groups in total. The molecule has 0 radical (unpaired) electrons. The summed E-state index contributed by atoms with van der Waals surface area (Å²) in [5, 5.41) is 15.7. The van der Waals surface area contributed by atoms with Crippen molar-refractivity contribution >= 4 is 33.9 Å². The largest absolute Gasteiger partial charge is 0.462 e. The summed E-state index contributed by atoms with van der Waals surface area (Å²) in [7, 11) is 0. The lowest BCUT2D eigenvalue weighted by molar-refractivity contribution is -0.384. The van der Waals surface area contributed by atoms with E-state index in [9.17, 15) is 19.7 Å². The van der Waals surface area contributed by atoms with E-state index in [-0.39, 0.29) is 23.8 Å². The number of nitrogens with zero attached hydrogens (tertiary/aromatic N) is 1. The number of rotatable bonds is 6. The van der Waals surface area contributed by atoms with Gasteiger partial charge >= 0.3 is 5.97 Å². The van der Waals surface area contributed by atoms with Gasteiger partial charge in [0, 0.05) is 28.6 Å². The highest BCUT2D eigenvalue weighted by atomic mass is 32.1. The zero-order valence-corrected chi connectivity index (χ0v) is 15.7. The van der Waals surface area contributed by atoms with E-state index in [0.29, 0.717) is 21.7 Å². The maximum Gasteiger partial charge on any atom is 0.341 e. The van der Waals surface area contributed by atoms with Crippen LogP contribution in [0, 0.1) is 10.1 Å². The number of ether oxygens (including phenoxy) is 1. The first-order chi connectivity index (χ1) is 13.5. The van der Waals surface area contributed by atoms with Crippen molar-refractivity contribution in [2.45, 2.75) is 6.92 Å². The van der Waals surface area contributed by atoms with Gasteiger partial charge < -0.3 is 10.1 Å². The van der Waals surface area contributed by atoms with Crippen molar-refractivity contribution in [3.8, 4) is 11.1 Å². The summed E-state index contributed by atoms with van der Waals surface area (Å²) < 4.78 is 5.15. The lowest BCUT2D eigenvalue weighted by Crippen LogP contribution is -2.14. The van der Waals surface area contributed by atoms with Crippen LogP contribution in [0.3, 0.4) is 0 Å².